The number of amides is 1. The van der Waals surface area contributed by atoms with Crippen LogP contribution in [0.4, 0.5) is 11.4 Å². The quantitative estimate of drug-likeness (QED) is 0.907. The fourth-order valence-corrected chi connectivity index (χ4v) is 1.96. The van der Waals surface area contributed by atoms with Gasteiger partial charge in [-0.3, -0.25) is 4.79 Å². The van der Waals surface area contributed by atoms with Gasteiger partial charge < -0.3 is 10.6 Å². The molecule has 2 aromatic rings. The van der Waals surface area contributed by atoms with Gasteiger partial charge in [0.15, 0.2) is 0 Å². The summed E-state index contributed by atoms with van der Waals surface area (Å²) in [4.78, 5) is 11.8. The highest BCUT2D eigenvalue weighted by molar-refractivity contribution is 6.32. The van der Waals surface area contributed by atoms with Crippen molar-refractivity contribution in [2.24, 2.45) is 0 Å². The summed E-state index contributed by atoms with van der Waals surface area (Å²) in [5, 5.41) is 14.9. The molecule has 21 heavy (non-hydrogen) atoms. The van der Waals surface area contributed by atoms with Crippen LogP contribution in [0.25, 0.3) is 0 Å². The highest BCUT2D eigenvalue weighted by Gasteiger charge is 2.04. The van der Waals surface area contributed by atoms with Gasteiger partial charge >= 0.3 is 0 Å². The molecule has 0 aromatic heterocycles. The Morgan fingerprint density at radius 1 is 1.19 bits per heavy atom. The minimum Gasteiger partial charge on any atom is -0.376 e. The number of hydrogen-bond acceptors (Lipinski definition) is 3. The Labute approximate surface area is 128 Å². The van der Waals surface area contributed by atoms with Crippen molar-refractivity contribution >= 4 is 28.9 Å². The van der Waals surface area contributed by atoms with Gasteiger partial charge in [-0.05, 0) is 37.3 Å². The lowest BCUT2D eigenvalue weighted by Gasteiger charge is -2.08. The lowest BCUT2D eigenvalue weighted by Crippen LogP contribution is -2.21. The Kier molecular flexibility index (Phi) is 4.81. The summed E-state index contributed by atoms with van der Waals surface area (Å²) >= 11 is 5.93. The molecule has 0 aliphatic carbocycles. The van der Waals surface area contributed by atoms with Crippen LogP contribution in [0, 0.1) is 18.3 Å². The first-order chi connectivity index (χ1) is 10.1. The third kappa shape index (κ3) is 4.23. The van der Waals surface area contributed by atoms with Gasteiger partial charge in [0.1, 0.15) is 6.07 Å². The molecule has 4 nitrogen and oxygen atoms in total. The zero-order valence-corrected chi connectivity index (χ0v) is 12.2. The van der Waals surface area contributed by atoms with Gasteiger partial charge in [-0.25, -0.2) is 0 Å². The average Bonchev–Trinajstić information content (AvgIpc) is 2.48. The van der Waals surface area contributed by atoms with Crippen LogP contribution >= 0.6 is 11.6 Å². The van der Waals surface area contributed by atoms with Crippen molar-refractivity contribution in [3.8, 4) is 6.07 Å². The van der Waals surface area contributed by atoms with E-state index in [9.17, 15) is 4.79 Å². The summed E-state index contributed by atoms with van der Waals surface area (Å²) in [5.74, 6) is -0.153. The zero-order valence-electron chi connectivity index (χ0n) is 11.5. The molecule has 2 aromatic carbocycles. The first kappa shape index (κ1) is 14.9. The first-order valence-corrected chi connectivity index (χ1v) is 6.76. The van der Waals surface area contributed by atoms with E-state index in [0.29, 0.717) is 16.3 Å². The fourth-order valence-electron chi connectivity index (χ4n) is 1.74. The number of aryl methyl sites for hydroxylation is 1. The number of carbonyl (C=O) groups excluding carboxylic acids is 1. The van der Waals surface area contributed by atoms with Crippen molar-refractivity contribution < 1.29 is 4.79 Å². The summed E-state index contributed by atoms with van der Waals surface area (Å²) in [7, 11) is 0. The van der Waals surface area contributed by atoms with Gasteiger partial charge in [-0.15, -0.1) is 0 Å². The Morgan fingerprint density at radius 3 is 2.48 bits per heavy atom. The first-order valence-electron chi connectivity index (χ1n) is 6.38. The minimum atomic E-state index is -0.153. The molecule has 5 heteroatoms. The molecule has 0 fully saturated rings. The number of hydrogen-bond donors (Lipinski definition) is 2. The van der Waals surface area contributed by atoms with Gasteiger partial charge in [-0.2, -0.15) is 5.26 Å². The number of nitrogens with one attached hydrogen (secondary N) is 2. The van der Waals surface area contributed by atoms with Crippen LogP contribution in [0.5, 0.6) is 0 Å². The molecule has 2 rings (SSSR count). The van der Waals surface area contributed by atoms with Crippen LogP contribution in [0.1, 0.15) is 11.1 Å². The molecule has 1 amide bonds. The molecule has 0 atom stereocenters. The van der Waals surface area contributed by atoms with Crippen LogP contribution < -0.4 is 10.6 Å². The largest absolute Gasteiger partial charge is 0.376 e. The summed E-state index contributed by atoms with van der Waals surface area (Å²) in [5.41, 5.74) is 2.99. The molecule has 2 N–H and O–H groups in total. The molecule has 0 radical (unpaired) electrons. The number of nitriles is 1. The van der Waals surface area contributed by atoms with Gasteiger partial charge in [0.25, 0.3) is 0 Å². The second-order valence-electron chi connectivity index (χ2n) is 4.57. The number of nitrogens with zero attached hydrogens (tertiary/aromatic N) is 1. The van der Waals surface area contributed by atoms with E-state index in [0.717, 1.165) is 11.3 Å². The Balaban J connectivity index is 1.91. The van der Waals surface area contributed by atoms with Crippen LogP contribution in [-0.2, 0) is 4.79 Å². The smallest absolute Gasteiger partial charge is 0.243 e. The van der Waals surface area contributed by atoms with E-state index in [-0.39, 0.29) is 12.5 Å². The summed E-state index contributed by atoms with van der Waals surface area (Å²) in [6.45, 7) is 2.11. The number of carbonyl (C=O) groups is 1. The van der Waals surface area contributed by atoms with E-state index in [1.54, 1.807) is 18.2 Å². The predicted molar refractivity (Wildman–Crippen MR) is 84.5 cm³/mol. The van der Waals surface area contributed by atoms with Crippen molar-refractivity contribution in [3.63, 3.8) is 0 Å². The maximum absolute atomic E-state index is 11.8. The van der Waals surface area contributed by atoms with E-state index < -0.39 is 0 Å². The van der Waals surface area contributed by atoms with E-state index >= 15 is 0 Å². The van der Waals surface area contributed by atoms with Crippen molar-refractivity contribution in [3.05, 3.63) is 58.6 Å². The van der Waals surface area contributed by atoms with E-state index in [4.69, 9.17) is 16.9 Å². The zero-order chi connectivity index (χ0) is 15.2. The van der Waals surface area contributed by atoms with E-state index in [1.165, 1.54) is 0 Å². The van der Waals surface area contributed by atoms with Crippen molar-refractivity contribution in [2.75, 3.05) is 17.2 Å². The summed E-state index contributed by atoms with van der Waals surface area (Å²) in [6, 6.07) is 14.5. The summed E-state index contributed by atoms with van der Waals surface area (Å²) < 4.78 is 0. The van der Waals surface area contributed by atoms with Crippen LogP contribution in [0.2, 0.25) is 5.02 Å². The highest BCUT2D eigenvalue weighted by Crippen LogP contribution is 2.20. The Bertz CT molecular complexity index is 690. The normalized spacial score (nSPS) is 9.76. The van der Waals surface area contributed by atoms with Crippen molar-refractivity contribution in [1.29, 1.82) is 5.26 Å². The topological polar surface area (TPSA) is 64.9 Å². The molecule has 0 unspecified atom stereocenters. The number of halogens is 1. The SMILES string of the molecule is Cc1ccc(NC(=O)CNc2ccc(C#N)c(Cl)c2)cc1. The third-order valence-corrected chi connectivity index (χ3v) is 3.19. The lowest BCUT2D eigenvalue weighted by molar-refractivity contribution is -0.114. The second-order valence-corrected chi connectivity index (χ2v) is 4.98. The molecular weight excluding hydrogens is 286 g/mol. The average molecular weight is 300 g/mol. The van der Waals surface area contributed by atoms with Crippen molar-refractivity contribution in [2.45, 2.75) is 6.92 Å². The van der Waals surface area contributed by atoms with Gasteiger partial charge in [0, 0.05) is 11.4 Å². The number of rotatable bonds is 4. The van der Waals surface area contributed by atoms with Gasteiger partial charge in [-0.1, -0.05) is 29.3 Å². The van der Waals surface area contributed by atoms with Crippen LogP contribution in [0.3, 0.4) is 0 Å². The van der Waals surface area contributed by atoms with Crippen LogP contribution in [-0.4, -0.2) is 12.5 Å². The predicted octanol–water partition coefficient (Wildman–Crippen LogP) is 3.57. The number of benzene rings is 2. The molecule has 0 saturated heterocycles. The molecule has 0 heterocycles. The minimum absolute atomic E-state index is 0.121. The van der Waals surface area contributed by atoms with Gasteiger partial charge in [0.05, 0.1) is 17.1 Å². The molecule has 0 bridgehead atoms. The standard InChI is InChI=1S/C16H14ClN3O/c1-11-2-5-13(6-3-11)20-16(21)10-19-14-7-4-12(9-18)15(17)8-14/h2-8,19H,10H2,1H3,(H,20,21). The van der Waals surface area contributed by atoms with Crippen LogP contribution in [0.15, 0.2) is 42.5 Å². The second kappa shape index (κ2) is 6.78. The Hall–Kier alpha value is -2.51. The lowest BCUT2D eigenvalue weighted by atomic mass is 10.2. The fraction of sp³-hybridized carbons (Fsp3) is 0.125. The molecule has 106 valence electrons. The molecule has 0 spiro atoms. The summed E-state index contributed by atoms with van der Waals surface area (Å²) in [6.07, 6.45) is 0. The molecule has 0 aliphatic rings. The molecule has 0 saturated carbocycles. The van der Waals surface area contributed by atoms with E-state index in [1.807, 2.05) is 37.3 Å². The highest BCUT2D eigenvalue weighted by atomic mass is 35.5. The molecular formula is C16H14ClN3O. The Morgan fingerprint density at radius 2 is 1.86 bits per heavy atom. The maximum Gasteiger partial charge on any atom is 0.243 e. The maximum atomic E-state index is 11.8. The molecule has 0 aliphatic heterocycles. The third-order valence-electron chi connectivity index (χ3n) is 2.88. The van der Waals surface area contributed by atoms with E-state index in [2.05, 4.69) is 10.6 Å². The number of anilines is 2. The van der Waals surface area contributed by atoms with Crippen molar-refractivity contribution in [1.82, 2.24) is 0 Å². The van der Waals surface area contributed by atoms with Gasteiger partial charge in [0.2, 0.25) is 5.91 Å². The monoisotopic (exact) mass is 299 g/mol.